The van der Waals surface area contributed by atoms with Gasteiger partial charge in [-0.3, -0.25) is 0 Å². The monoisotopic (exact) mass is 693 g/mol. The predicted molar refractivity (Wildman–Crippen MR) is 228 cm³/mol. The molecule has 0 N–H and O–H groups in total. The molecule has 2 heterocycles. The Labute approximate surface area is 322 Å². The van der Waals surface area contributed by atoms with E-state index < -0.39 is 0 Å². The fraction of sp³-hybridized carbons (Fsp3) is 0. The van der Waals surface area contributed by atoms with Crippen LogP contribution in [0.2, 0.25) is 0 Å². The van der Waals surface area contributed by atoms with Gasteiger partial charge in [-0.2, -0.15) is 0 Å². The van der Waals surface area contributed by atoms with E-state index in [9.17, 15) is 8.22 Å². The molecule has 250 valence electrons. The van der Waals surface area contributed by atoms with Gasteiger partial charge >= 0.3 is 0 Å². The molecule has 0 bridgehead atoms. The number of hydrogen-bond donors (Lipinski definition) is 0. The first kappa shape index (κ1) is 22.7. The summed E-state index contributed by atoms with van der Waals surface area (Å²) < 4.78 is 83.2. The Bertz CT molecular complexity index is 3890. The van der Waals surface area contributed by atoms with E-state index in [-0.39, 0.29) is 86.4 Å². The van der Waals surface area contributed by atoms with E-state index in [2.05, 4.69) is 53.1 Å². The summed E-state index contributed by atoms with van der Waals surface area (Å²) in [5, 5.41) is 5.23. The molecule has 0 atom stereocenters. The summed E-state index contributed by atoms with van der Waals surface area (Å²) in [7, 11) is 0. The van der Waals surface area contributed by atoms with Crippen LogP contribution >= 0.6 is 0 Å². The van der Waals surface area contributed by atoms with Crippen molar-refractivity contribution in [1.82, 2.24) is 4.57 Å². The normalized spacial score (nSPS) is 14.1. The number of rotatable bonds is 4. The van der Waals surface area contributed by atoms with Gasteiger partial charge in [-0.1, -0.05) is 145 Å². The van der Waals surface area contributed by atoms with E-state index in [1.54, 1.807) is 24.3 Å². The van der Waals surface area contributed by atoms with Crippen molar-refractivity contribution in [3.63, 3.8) is 0 Å². The smallest absolute Gasteiger partial charge is 0.160 e. The van der Waals surface area contributed by atoms with E-state index in [4.69, 9.17) is 7.16 Å². The van der Waals surface area contributed by atoms with Crippen LogP contribution in [-0.2, 0) is 0 Å². The number of benzene rings is 10. The fourth-order valence-electron chi connectivity index (χ4n) is 8.39. The molecular weight excluding hydrogens is 655 g/mol. The van der Waals surface area contributed by atoms with Crippen molar-refractivity contribution in [1.29, 1.82) is 0 Å². The summed E-state index contributed by atoms with van der Waals surface area (Å²) in [5.41, 5.74) is 7.90. The maximum atomic E-state index is 9.43. The molecule has 0 spiro atoms. The van der Waals surface area contributed by atoms with Crippen LogP contribution in [0.4, 0.5) is 0 Å². The fourth-order valence-corrected chi connectivity index (χ4v) is 8.39. The zero-order valence-electron chi connectivity index (χ0n) is 36.6. The molecule has 2 nitrogen and oxygen atoms in total. The van der Waals surface area contributed by atoms with E-state index in [0.29, 0.717) is 22.1 Å². The molecule has 0 saturated carbocycles. The largest absolute Gasteiger partial charge is 0.454 e. The molecule has 2 aromatic heterocycles. The van der Waals surface area contributed by atoms with Crippen LogP contribution in [0.1, 0.15) is 11.0 Å². The second-order valence-corrected chi connectivity index (χ2v) is 13.8. The lowest BCUT2D eigenvalue weighted by molar-refractivity contribution is 0.671. The van der Waals surface area contributed by atoms with Crippen LogP contribution in [0.5, 0.6) is 0 Å². The third-order valence-electron chi connectivity index (χ3n) is 10.8. The topological polar surface area (TPSA) is 18.1 Å². The van der Waals surface area contributed by atoms with Gasteiger partial charge in [0.05, 0.1) is 22.0 Å². The van der Waals surface area contributed by atoms with Crippen molar-refractivity contribution in [2.45, 2.75) is 0 Å². The molecule has 0 saturated heterocycles. The lowest BCUT2D eigenvalue weighted by atomic mass is 9.87. The Morgan fingerprint density at radius 1 is 0.407 bits per heavy atom. The second kappa shape index (κ2) is 11.2. The molecule has 10 aromatic carbocycles. The first-order chi connectivity index (χ1) is 30.1. The van der Waals surface area contributed by atoms with Gasteiger partial charge < -0.3 is 8.98 Å². The average molecular weight is 694 g/mol. The zero-order valence-corrected chi connectivity index (χ0v) is 28.6. The first-order valence-corrected chi connectivity index (χ1v) is 17.9. The van der Waals surface area contributed by atoms with Crippen LogP contribution < -0.4 is 0 Å². The molecular formula is C52H31NO. The van der Waals surface area contributed by atoms with Crippen molar-refractivity contribution in [2.75, 3.05) is 0 Å². The van der Waals surface area contributed by atoms with Crippen LogP contribution in [0.3, 0.4) is 0 Å². The maximum absolute atomic E-state index is 9.43. The summed E-state index contributed by atoms with van der Waals surface area (Å²) in [5.74, 6) is 0. The molecule has 0 aliphatic rings. The summed E-state index contributed by atoms with van der Waals surface area (Å²) in [6.07, 6.45) is 0. The lowest BCUT2D eigenvalue weighted by Gasteiger charge is -2.17. The minimum Gasteiger partial charge on any atom is -0.454 e. The van der Waals surface area contributed by atoms with Crippen LogP contribution in [0.15, 0.2) is 192 Å². The van der Waals surface area contributed by atoms with Gasteiger partial charge in [0, 0.05) is 27.2 Å². The summed E-state index contributed by atoms with van der Waals surface area (Å²) in [6, 6.07) is 43.5. The Kier molecular flexibility index (Phi) is 4.70. The van der Waals surface area contributed by atoms with Gasteiger partial charge in [0.2, 0.25) is 0 Å². The second-order valence-electron chi connectivity index (χ2n) is 13.8. The van der Waals surface area contributed by atoms with E-state index in [0.717, 1.165) is 55.0 Å². The first-order valence-electron chi connectivity index (χ1n) is 21.9. The SMILES string of the molecule is [2H]c1c([2H])c2c([2H])c([2H])c3c(-c4cccc(-c5ccc6c(c5)oc5c6ccc6c7ccccc7n(-c7ccccc7)c65)c4)c([2H])c([2H])c4c([2H])c([2H])c(c1-c1ccccc1)c2c43. The van der Waals surface area contributed by atoms with Crippen LogP contribution in [-0.4, -0.2) is 4.57 Å². The van der Waals surface area contributed by atoms with Crippen LogP contribution in [0.25, 0.3) is 115 Å². The molecule has 54 heavy (non-hydrogen) atoms. The van der Waals surface area contributed by atoms with Crippen molar-refractivity contribution in [2.24, 2.45) is 0 Å². The Morgan fingerprint density at radius 3 is 1.78 bits per heavy atom. The molecule has 0 unspecified atom stereocenters. The van der Waals surface area contributed by atoms with Gasteiger partial charge in [0.25, 0.3) is 0 Å². The average Bonchev–Trinajstić information content (AvgIpc) is 3.85. The molecule has 0 fully saturated rings. The number of aromatic nitrogens is 1. The summed E-state index contributed by atoms with van der Waals surface area (Å²) in [6.45, 7) is 0. The highest BCUT2D eigenvalue weighted by Crippen LogP contribution is 2.44. The van der Waals surface area contributed by atoms with Gasteiger partial charge in [-0.15, -0.1) is 0 Å². The van der Waals surface area contributed by atoms with E-state index >= 15 is 0 Å². The van der Waals surface area contributed by atoms with Gasteiger partial charge in [-0.25, -0.2) is 0 Å². The van der Waals surface area contributed by atoms with Crippen molar-refractivity contribution >= 4 is 76.1 Å². The third kappa shape index (κ3) is 4.17. The van der Waals surface area contributed by atoms with Gasteiger partial charge in [0.1, 0.15) is 5.58 Å². The quantitative estimate of drug-likeness (QED) is 0.168. The predicted octanol–water partition coefficient (Wildman–Crippen LogP) is 14.6. The summed E-state index contributed by atoms with van der Waals surface area (Å²) in [4.78, 5) is 0. The van der Waals surface area contributed by atoms with Crippen molar-refractivity contribution < 1.29 is 15.4 Å². The molecule has 12 rings (SSSR count). The number of nitrogens with zero attached hydrogens (tertiary/aromatic N) is 1. The standard InChI is InChI=1S/C52H31NO/c1-3-10-32(11-4-1)39-23-18-33-21-27-44-40(24-19-34-20-26-43(39)49(33)50(34)44)37-13-9-12-35(30-37)36-22-25-42-46-29-28-45-41-16-7-8-17-47(41)53(38-14-5-2-6-15-38)51(45)52(46)54-48(42)31-36/h1-31H/i18D,19D,20D,21D,23D,24D,26D,27D. The van der Waals surface area contributed by atoms with E-state index in [1.165, 1.54) is 0 Å². The number of fused-ring (bicyclic) bond motifs is 7. The van der Waals surface area contributed by atoms with Gasteiger partial charge in [0.15, 0.2) is 5.58 Å². The van der Waals surface area contributed by atoms with Crippen molar-refractivity contribution in [3.05, 3.63) is 188 Å². The highest BCUT2D eigenvalue weighted by Gasteiger charge is 2.20. The molecule has 0 amide bonds. The maximum Gasteiger partial charge on any atom is 0.160 e. The molecule has 0 aliphatic heterocycles. The minimum atomic E-state index is -0.302. The Balaban J connectivity index is 1.09. The van der Waals surface area contributed by atoms with E-state index in [1.807, 2.05) is 66.7 Å². The number of hydrogen-bond acceptors (Lipinski definition) is 1. The number of para-hydroxylation sites is 2. The Hall–Kier alpha value is -7.16. The molecule has 2 heteroatoms. The molecule has 12 aromatic rings. The number of furan rings is 1. The third-order valence-corrected chi connectivity index (χ3v) is 10.8. The lowest BCUT2D eigenvalue weighted by Crippen LogP contribution is -1.93. The molecule has 0 radical (unpaired) electrons. The van der Waals surface area contributed by atoms with Crippen LogP contribution in [0, 0.1) is 0 Å². The zero-order chi connectivity index (χ0) is 42.3. The van der Waals surface area contributed by atoms with Crippen molar-refractivity contribution in [3.8, 4) is 39.1 Å². The highest BCUT2D eigenvalue weighted by molar-refractivity contribution is 6.28. The Morgan fingerprint density at radius 2 is 1.00 bits per heavy atom. The summed E-state index contributed by atoms with van der Waals surface area (Å²) >= 11 is 0. The van der Waals surface area contributed by atoms with Gasteiger partial charge in [-0.05, 0) is 108 Å². The highest BCUT2D eigenvalue weighted by atomic mass is 16.3. The molecule has 0 aliphatic carbocycles. The minimum absolute atomic E-state index is 0.0211.